The molecule has 1 aromatic heterocycles. The van der Waals surface area contributed by atoms with Gasteiger partial charge in [-0.05, 0) is 25.1 Å². The summed E-state index contributed by atoms with van der Waals surface area (Å²) in [5.74, 6) is 1.20. The molecule has 138 valence electrons. The summed E-state index contributed by atoms with van der Waals surface area (Å²) in [6.07, 6.45) is 0.119. The van der Waals surface area contributed by atoms with Gasteiger partial charge in [-0.25, -0.2) is 0 Å². The van der Waals surface area contributed by atoms with Crippen LogP contribution < -0.4 is 4.74 Å². The first kappa shape index (κ1) is 17.8. The van der Waals surface area contributed by atoms with Crippen molar-refractivity contribution in [3.8, 4) is 5.75 Å². The minimum absolute atomic E-state index is 0.0852. The molecular weight excluding hydrogens is 368 g/mol. The van der Waals surface area contributed by atoms with Crippen LogP contribution in [0, 0.1) is 0 Å². The fraction of sp³-hybridized carbons (Fsp3) is 0.450. The van der Waals surface area contributed by atoms with Crippen molar-refractivity contribution in [3.05, 3.63) is 50.7 Å². The largest absolute Gasteiger partial charge is 0.489 e. The molecule has 1 fully saturated rings. The van der Waals surface area contributed by atoms with E-state index in [1.54, 1.807) is 11.3 Å². The predicted molar refractivity (Wildman–Crippen MR) is 105 cm³/mol. The van der Waals surface area contributed by atoms with E-state index in [1.165, 1.54) is 4.88 Å². The maximum Gasteiger partial charge on any atom is 0.257 e. The number of benzene rings is 1. The molecule has 2 atom stereocenters. The molecule has 4 rings (SSSR count). The highest BCUT2D eigenvalue weighted by molar-refractivity contribution is 7.16. The van der Waals surface area contributed by atoms with Gasteiger partial charge < -0.3 is 9.64 Å². The number of nitrogens with zero attached hydrogens (tertiary/aromatic N) is 2. The summed E-state index contributed by atoms with van der Waals surface area (Å²) in [7, 11) is 0. The Morgan fingerprint density at radius 1 is 1.19 bits per heavy atom. The minimum atomic E-state index is 0.0852. The molecule has 3 heterocycles. The maximum atomic E-state index is 13.1. The van der Waals surface area contributed by atoms with Crippen molar-refractivity contribution < 1.29 is 9.53 Å². The van der Waals surface area contributed by atoms with Crippen LogP contribution in [0.1, 0.15) is 40.6 Å². The molecule has 0 aliphatic carbocycles. The number of amides is 1. The Hall–Kier alpha value is -1.56. The predicted octanol–water partition coefficient (Wildman–Crippen LogP) is 4.24. The van der Waals surface area contributed by atoms with Crippen LogP contribution in [-0.4, -0.2) is 48.0 Å². The number of para-hydroxylation sites is 1. The lowest BCUT2D eigenvalue weighted by Gasteiger charge is -2.34. The quantitative estimate of drug-likeness (QED) is 0.785. The van der Waals surface area contributed by atoms with Crippen LogP contribution in [-0.2, 0) is 6.54 Å². The molecule has 2 aliphatic heterocycles. The third-order valence-corrected chi connectivity index (χ3v) is 6.66. The number of carbonyl (C=O) groups excluding carboxylic acids is 1. The van der Waals surface area contributed by atoms with E-state index in [0.29, 0.717) is 11.5 Å². The van der Waals surface area contributed by atoms with Crippen molar-refractivity contribution in [3.63, 3.8) is 0 Å². The Bertz CT molecular complexity index is 814. The molecule has 1 saturated heterocycles. The van der Waals surface area contributed by atoms with Gasteiger partial charge in [0, 0.05) is 49.1 Å². The molecule has 2 aliphatic rings. The Balaban J connectivity index is 1.42. The van der Waals surface area contributed by atoms with Crippen LogP contribution in [0.2, 0.25) is 4.34 Å². The van der Waals surface area contributed by atoms with E-state index in [1.807, 2.05) is 23.1 Å². The molecule has 1 aromatic carbocycles. The second-order valence-electron chi connectivity index (χ2n) is 7.11. The molecule has 2 aromatic rings. The fourth-order valence-electron chi connectivity index (χ4n) is 3.69. The van der Waals surface area contributed by atoms with Gasteiger partial charge in [0.2, 0.25) is 0 Å². The number of rotatable bonds is 3. The molecule has 0 saturated carbocycles. The molecule has 0 radical (unpaired) electrons. The van der Waals surface area contributed by atoms with Crippen molar-refractivity contribution in [1.29, 1.82) is 0 Å². The highest BCUT2D eigenvalue weighted by Crippen LogP contribution is 2.40. The number of thiophene rings is 1. The summed E-state index contributed by atoms with van der Waals surface area (Å²) < 4.78 is 6.82. The van der Waals surface area contributed by atoms with E-state index in [4.69, 9.17) is 16.3 Å². The second-order valence-corrected chi connectivity index (χ2v) is 8.91. The molecule has 4 nitrogen and oxygen atoms in total. The topological polar surface area (TPSA) is 32.8 Å². The first-order valence-electron chi connectivity index (χ1n) is 9.08. The minimum Gasteiger partial charge on any atom is -0.489 e. The molecule has 26 heavy (non-hydrogen) atoms. The van der Waals surface area contributed by atoms with Gasteiger partial charge in [-0.3, -0.25) is 9.69 Å². The average Bonchev–Trinajstić information content (AvgIpc) is 3.18. The molecule has 0 unspecified atom stereocenters. The number of carbonyl (C=O) groups is 1. The number of hydrogen-bond donors (Lipinski definition) is 0. The van der Waals surface area contributed by atoms with Crippen molar-refractivity contribution in [2.45, 2.75) is 32.4 Å². The van der Waals surface area contributed by atoms with Gasteiger partial charge in [0.15, 0.2) is 0 Å². The lowest BCUT2D eigenvalue weighted by Crippen LogP contribution is -2.48. The van der Waals surface area contributed by atoms with Gasteiger partial charge >= 0.3 is 0 Å². The molecular formula is C20H23ClN2O2S. The highest BCUT2D eigenvalue weighted by atomic mass is 35.5. The SMILES string of the molecule is C[C@H]1Oc2c(C(=O)N3CCN(Cc4ccc(Cl)s4)CC3)cccc2[C@@H]1C. The van der Waals surface area contributed by atoms with Crippen molar-refractivity contribution in [1.82, 2.24) is 9.80 Å². The maximum absolute atomic E-state index is 13.1. The summed E-state index contributed by atoms with van der Waals surface area (Å²) in [6, 6.07) is 9.97. The zero-order valence-corrected chi connectivity index (χ0v) is 16.6. The lowest BCUT2D eigenvalue weighted by molar-refractivity contribution is 0.0625. The van der Waals surface area contributed by atoms with Crippen LogP contribution in [0.15, 0.2) is 30.3 Å². The summed E-state index contributed by atoms with van der Waals surface area (Å²) in [5, 5.41) is 0. The first-order valence-corrected chi connectivity index (χ1v) is 10.3. The Kier molecular flexibility index (Phi) is 4.95. The molecule has 0 bridgehead atoms. The van der Waals surface area contributed by atoms with Crippen molar-refractivity contribution >= 4 is 28.8 Å². The van der Waals surface area contributed by atoms with Gasteiger partial charge in [0.25, 0.3) is 5.91 Å². The van der Waals surface area contributed by atoms with Gasteiger partial charge in [0.05, 0.1) is 9.90 Å². The lowest BCUT2D eigenvalue weighted by atomic mass is 9.96. The Morgan fingerprint density at radius 3 is 2.65 bits per heavy atom. The normalized spacial score (nSPS) is 23.0. The molecule has 0 N–H and O–H groups in total. The zero-order chi connectivity index (χ0) is 18.3. The number of piperazine rings is 1. The van der Waals surface area contributed by atoms with Crippen LogP contribution in [0.3, 0.4) is 0 Å². The Morgan fingerprint density at radius 2 is 1.96 bits per heavy atom. The number of hydrogen-bond acceptors (Lipinski definition) is 4. The van der Waals surface area contributed by atoms with Crippen LogP contribution in [0.4, 0.5) is 0 Å². The van der Waals surface area contributed by atoms with Gasteiger partial charge in [-0.2, -0.15) is 0 Å². The molecule has 6 heteroatoms. The third kappa shape index (κ3) is 3.36. The van der Waals surface area contributed by atoms with Gasteiger partial charge in [-0.1, -0.05) is 30.7 Å². The summed E-state index contributed by atoms with van der Waals surface area (Å²) in [6.45, 7) is 8.36. The number of ether oxygens (including phenoxy) is 1. The van der Waals surface area contributed by atoms with E-state index in [9.17, 15) is 4.79 Å². The number of halogens is 1. The van der Waals surface area contributed by atoms with Gasteiger partial charge in [-0.15, -0.1) is 11.3 Å². The van der Waals surface area contributed by atoms with Gasteiger partial charge in [0.1, 0.15) is 11.9 Å². The molecule has 0 spiro atoms. The fourth-order valence-corrected chi connectivity index (χ4v) is 4.82. The summed E-state index contributed by atoms with van der Waals surface area (Å²) in [4.78, 5) is 18.6. The standard InChI is InChI=1S/C20H23ClN2O2S/c1-13-14(2)25-19-16(13)4-3-5-17(19)20(24)23-10-8-22(9-11-23)12-15-6-7-18(21)26-15/h3-7,13-14H,8-12H2,1-2H3/t13-,14-/m1/s1. The van der Waals surface area contributed by atoms with Crippen molar-refractivity contribution in [2.24, 2.45) is 0 Å². The first-order chi connectivity index (χ1) is 12.5. The smallest absolute Gasteiger partial charge is 0.257 e. The van der Waals surface area contributed by atoms with E-state index in [2.05, 4.69) is 30.9 Å². The zero-order valence-electron chi connectivity index (χ0n) is 15.1. The second kappa shape index (κ2) is 7.22. The van der Waals surface area contributed by atoms with Crippen LogP contribution >= 0.6 is 22.9 Å². The van der Waals surface area contributed by atoms with E-state index in [0.717, 1.165) is 48.4 Å². The van der Waals surface area contributed by atoms with Crippen LogP contribution in [0.5, 0.6) is 5.75 Å². The highest BCUT2D eigenvalue weighted by Gasteiger charge is 2.33. The summed E-state index contributed by atoms with van der Waals surface area (Å²) >= 11 is 7.64. The monoisotopic (exact) mass is 390 g/mol. The van der Waals surface area contributed by atoms with E-state index >= 15 is 0 Å². The summed E-state index contributed by atoms with van der Waals surface area (Å²) in [5.41, 5.74) is 1.86. The van der Waals surface area contributed by atoms with Crippen LogP contribution in [0.25, 0.3) is 0 Å². The molecule has 1 amide bonds. The average molecular weight is 391 g/mol. The van der Waals surface area contributed by atoms with Crippen molar-refractivity contribution in [2.75, 3.05) is 26.2 Å². The van der Waals surface area contributed by atoms with E-state index in [-0.39, 0.29) is 12.0 Å². The third-order valence-electron chi connectivity index (χ3n) is 5.44. The number of fused-ring (bicyclic) bond motifs is 1. The Labute approximate surface area is 163 Å². The van der Waals surface area contributed by atoms with E-state index < -0.39 is 0 Å².